The highest BCUT2D eigenvalue weighted by Crippen LogP contribution is 2.21. The molecule has 0 spiro atoms. The molecule has 126 valence electrons. The molecule has 5 atom stereocenters. The number of esters is 2. The van der Waals surface area contributed by atoms with Crippen molar-refractivity contribution in [2.75, 3.05) is 13.2 Å². The number of hydrogen-bond donors (Lipinski definition) is 7. The average molecular weight is 324 g/mol. The zero-order valence-electron chi connectivity index (χ0n) is 11.1. The van der Waals surface area contributed by atoms with E-state index in [4.69, 9.17) is 15.3 Å². The lowest BCUT2D eigenvalue weighted by Crippen LogP contribution is -2.45. The Morgan fingerprint density at radius 2 is 1.82 bits per heavy atom. The van der Waals surface area contributed by atoms with Crippen LogP contribution in [0.4, 0.5) is 0 Å². The first kappa shape index (κ1) is 18.1. The second kappa shape index (κ2) is 7.38. The van der Waals surface area contributed by atoms with Gasteiger partial charge in [0.15, 0.2) is 18.0 Å². The van der Waals surface area contributed by atoms with E-state index < -0.39 is 67.2 Å². The molecule has 0 radical (unpaired) electrons. The molecule has 0 aromatic heterocycles. The molecule has 0 aromatic carbocycles. The van der Waals surface area contributed by atoms with E-state index in [2.05, 4.69) is 9.47 Å². The first-order valence-electron chi connectivity index (χ1n) is 6.03. The van der Waals surface area contributed by atoms with Crippen LogP contribution < -0.4 is 0 Å². The predicted molar refractivity (Wildman–Crippen MR) is 64.2 cm³/mol. The van der Waals surface area contributed by atoms with E-state index in [1.807, 2.05) is 0 Å². The van der Waals surface area contributed by atoms with Crippen LogP contribution in [0.1, 0.15) is 0 Å². The minimum Gasteiger partial charge on any atom is -0.505 e. The first-order valence-corrected chi connectivity index (χ1v) is 6.03. The number of aliphatic hydroxyl groups excluding tert-OH is 7. The third kappa shape index (κ3) is 3.84. The number of rotatable bonds is 7. The highest BCUT2D eigenvalue weighted by molar-refractivity contribution is 5.89. The van der Waals surface area contributed by atoms with Crippen molar-refractivity contribution in [1.82, 2.24) is 0 Å². The number of carbonyl (C=O) groups is 2. The monoisotopic (exact) mass is 324 g/mol. The molecule has 0 saturated carbocycles. The molecule has 0 aliphatic carbocycles. The van der Waals surface area contributed by atoms with Crippen LogP contribution in [0.3, 0.4) is 0 Å². The van der Waals surface area contributed by atoms with E-state index in [9.17, 15) is 30.0 Å². The number of cyclic esters (lactones) is 1. The molecule has 11 nitrogen and oxygen atoms in total. The van der Waals surface area contributed by atoms with E-state index in [0.29, 0.717) is 0 Å². The molecule has 0 unspecified atom stereocenters. The average Bonchev–Trinajstić information content (AvgIpc) is 2.77. The molecular formula is C11H16O11. The van der Waals surface area contributed by atoms with Crippen molar-refractivity contribution in [1.29, 1.82) is 0 Å². The van der Waals surface area contributed by atoms with Gasteiger partial charge in [-0.1, -0.05) is 0 Å². The third-order valence-electron chi connectivity index (χ3n) is 2.83. The van der Waals surface area contributed by atoms with Gasteiger partial charge in [-0.25, -0.2) is 9.59 Å². The van der Waals surface area contributed by atoms with Crippen LogP contribution in [0.15, 0.2) is 11.5 Å². The van der Waals surface area contributed by atoms with Crippen molar-refractivity contribution in [3.63, 3.8) is 0 Å². The molecule has 1 aliphatic rings. The maximum atomic E-state index is 11.4. The van der Waals surface area contributed by atoms with E-state index in [1.54, 1.807) is 0 Å². The van der Waals surface area contributed by atoms with Crippen molar-refractivity contribution < 1.29 is 54.8 Å². The molecule has 11 heteroatoms. The SMILES string of the molecule is O=C1O[C@H]([C@@H](O)COC(=O)[C@H](O)[C@@H](O)[C@@H](O)CO)C(O)=C1O. The van der Waals surface area contributed by atoms with Gasteiger partial charge in [0.05, 0.1) is 6.61 Å². The minimum absolute atomic E-state index is 0.854. The summed E-state index contributed by atoms with van der Waals surface area (Å²) in [6.45, 7) is -1.77. The Hall–Kier alpha value is -1.92. The van der Waals surface area contributed by atoms with Crippen molar-refractivity contribution in [2.24, 2.45) is 0 Å². The third-order valence-corrected chi connectivity index (χ3v) is 2.83. The van der Waals surface area contributed by atoms with Gasteiger partial charge < -0.3 is 45.2 Å². The van der Waals surface area contributed by atoms with Crippen LogP contribution in [-0.4, -0.2) is 91.4 Å². The standard InChI is InChI=1S/C11H16O11/c12-1-3(13)5(15)7(17)10(19)21-2-4(14)9-6(16)8(18)11(20)22-9/h3-5,7,9,12-18H,1-2H2/t3-,4-,5-,7+,9+/m0/s1. The van der Waals surface area contributed by atoms with Crippen molar-refractivity contribution in [2.45, 2.75) is 30.5 Å². The highest BCUT2D eigenvalue weighted by Gasteiger charge is 2.40. The van der Waals surface area contributed by atoms with Gasteiger partial charge in [-0.15, -0.1) is 0 Å². The summed E-state index contributed by atoms with van der Waals surface area (Å²) in [5.74, 6) is -4.73. The quantitative estimate of drug-likeness (QED) is 0.227. The maximum absolute atomic E-state index is 11.4. The normalized spacial score (nSPS) is 23.7. The number of carbonyl (C=O) groups excluding carboxylic acids is 2. The van der Waals surface area contributed by atoms with Gasteiger partial charge in [0.25, 0.3) is 0 Å². The molecule has 22 heavy (non-hydrogen) atoms. The molecule has 1 heterocycles. The van der Waals surface area contributed by atoms with Gasteiger partial charge in [-0.2, -0.15) is 0 Å². The fraction of sp³-hybridized carbons (Fsp3) is 0.636. The zero-order chi connectivity index (χ0) is 17.0. The van der Waals surface area contributed by atoms with E-state index in [-0.39, 0.29) is 0 Å². The fourth-order valence-corrected chi connectivity index (χ4v) is 1.53. The lowest BCUT2D eigenvalue weighted by molar-refractivity contribution is -0.171. The first-order chi connectivity index (χ1) is 10.2. The lowest BCUT2D eigenvalue weighted by atomic mass is 10.1. The van der Waals surface area contributed by atoms with Crippen LogP contribution in [0.5, 0.6) is 0 Å². The van der Waals surface area contributed by atoms with Gasteiger partial charge in [-0.3, -0.25) is 0 Å². The Morgan fingerprint density at radius 3 is 2.27 bits per heavy atom. The van der Waals surface area contributed by atoms with Crippen molar-refractivity contribution in [3.05, 3.63) is 11.5 Å². The zero-order valence-corrected chi connectivity index (χ0v) is 11.1. The van der Waals surface area contributed by atoms with Gasteiger partial charge in [-0.05, 0) is 0 Å². The molecule has 7 N–H and O–H groups in total. The summed E-state index contributed by atoms with van der Waals surface area (Å²) in [5, 5.41) is 64.1. The van der Waals surface area contributed by atoms with E-state index in [1.165, 1.54) is 0 Å². The van der Waals surface area contributed by atoms with Crippen LogP contribution >= 0.6 is 0 Å². The van der Waals surface area contributed by atoms with Gasteiger partial charge in [0.1, 0.15) is 24.9 Å². The second-order valence-corrected chi connectivity index (χ2v) is 4.44. The van der Waals surface area contributed by atoms with E-state index >= 15 is 0 Å². The summed E-state index contributed by atoms with van der Waals surface area (Å²) >= 11 is 0. The molecule has 0 amide bonds. The summed E-state index contributed by atoms with van der Waals surface area (Å²) in [4.78, 5) is 22.3. The summed E-state index contributed by atoms with van der Waals surface area (Å²) in [6, 6.07) is 0. The topological polar surface area (TPSA) is 194 Å². The van der Waals surface area contributed by atoms with Crippen LogP contribution in [0.2, 0.25) is 0 Å². The van der Waals surface area contributed by atoms with Gasteiger partial charge in [0, 0.05) is 0 Å². The van der Waals surface area contributed by atoms with Crippen molar-refractivity contribution in [3.8, 4) is 0 Å². The molecule has 0 bridgehead atoms. The van der Waals surface area contributed by atoms with E-state index in [0.717, 1.165) is 0 Å². The van der Waals surface area contributed by atoms with Gasteiger partial charge in [0.2, 0.25) is 5.76 Å². The molecular weight excluding hydrogens is 308 g/mol. The minimum atomic E-state index is -2.20. The summed E-state index contributed by atoms with van der Waals surface area (Å²) in [7, 11) is 0. The smallest absolute Gasteiger partial charge is 0.377 e. The summed E-state index contributed by atoms with van der Waals surface area (Å²) < 4.78 is 8.82. The summed E-state index contributed by atoms with van der Waals surface area (Å²) in [6.07, 6.45) is -9.39. The summed E-state index contributed by atoms with van der Waals surface area (Å²) in [5.41, 5.74) is 0. The molecule has 0 fully saturated rings. The second-order valence-electron chi connectivity index (χ2n) is 4.44. The van der Waals surface area contributed by atoms with Crippen molar-refractivity contribution >= 4 is 11.9 Å². The van der Waals surface area contributed by atoms with Crippen LogP contribution in [-0.2, 0) is 19.1 Å². The predicted octanol–water partition coefficient (Wildman–Crippen LogP) is -3.78. The highest BCUT2D eigenvalue weighted by atomic mass is 16.6. The molecule has 0 saturated heterocycles. The van der Waals surface area contributed by atoms with Crippen LogP contribution in [0, 0.1) is 0 Å². The number of hydrogen-bond acceptors (Lipinski definition) is 11. The maximum Gasteiger partial charge on any atom is 0.377 e. The molecule has 1 aliphatic heterocycles. The van der Waals surface area contributed by atoms with Gasteiger partial charge >= 0.3 is 11.9 Å². The fourth-order valence-electron chi connectivity index (χ4n) is 1.53. The Labute approximate surface area is 123 Å². The molecule has 1 rings (SSSR count). The van der Waals surface area contributed by atoms with Crippen LogP contribution in [0.25, 0.3) is 0 Å². The molecule has 0 aromatic rings. The Bertz CT molecular complexity index is 459. The number of aliphatic hydroxyl groups is 7. The number of ether oxygens (including phenoxy) is 2. The Balaban J connectivity index is 2.52. The largest absolute Gasteiger partial charge is 0.505 e. The lowest BCUT2D eigenvalue weighted by Gasteiger charge is -2.22. The Morgan fingerprint density at radius 1 is 1.23 bits per heavy atom. The Kier molecular flexibility index (Phi) is 6.08.